The predicted octanol–water partition coefficient (Wildman–Crippen LogP) is 3.17. The zero-order valence-electron chi connectivity index (χ0n) is 17.1. The first-order chi connectivity index (χ1) is 13.6. The summed E-state index contributed by atoms with van der Waals surface area (Å²) in [5, 5.41) is 6.75. The lowest BCUT2D eigenvalue weighted by atomic mass is 10.1. The summed E-state index contributed by atoms with van der Waals surface area (Å²) >= 11 is 0. The van der Waals surface area contributed by atoms with E-state index in [9.17, 15) is 0 Å². The SMILES string of the molecule is COc1cc(/C=N/N2CCN(Cc3ccc(C)cc3)CC2)cc(OC)c1OC. The highest BCUT2D eigenvalue weighted by Crippen LogP contribution is 2.37. The van der Waals surface area contributed by atoms with Crippen molar-refractivity contribution in [3.8, 4) is 17.2 Å². The summed E-state index contributed by atoms with van der Waals surface area (Å²) in [5.41, 5.74) is 3.58. The molecule has 0 atom stereocenters. The van der Waals surface area contributed by atoms with Gasteiger partial charge in [0.15, 0.2) is 11.5 Å². The first kappa shape index (κ1) is 20.0. The Morgan fingerprint density at radius 2 is 1.50 bits per heavy atom. The van der Waals surface area contributed by atoms with E-state index in [2.05, 4.69) is 46.2 Å². The molecule has 1 fully saturated rings. The van der Waals surface area contributed by atoms with Crippen LogP contribution in [0, 0.1) is 6.92 Å². The Balaban J connectivity index is 1.58. The largest absolute Gasteiger partial charge is 0.493 e. The molecule has 2 aromatic carbocycles. The average molecular weight is 383 g/mol. The second kappa shape index (κ2) is 9.46. The Bertz CT molecular complexity index is 772. The third-order valence-corrected chi connectivity index (χ3v) is 4.93. The van der Waals surface area contributed by atoms with Gasteiger partial charge in [0.05, 0.1) is 27.5 Å². The first-order valence-electron chi connectivity index (χ1n) is 9.49. The molecule has 0 spiro atoms. The van der Waals surface area contributed by atoms with Crippen LogP contribution >= 0.6 is 0 Å². The summed E-state index contributed by atoms with van der Waals surface area (Å²) in [7, 11) is 4.83. The van der Waals surface area contributed by atoms with Gasteiger partial charge in [0.1, 0.15) is 0 Å². The quantitative estimate of drug-likeness (QED) is 0.688. The Morgan fingerprint density at radius 3 is 2.04 bits per heavy atom. The fourth-order valence-corrected chi connectivity index (χ4v) is 3.29. The van der Waals surface area contributed by atoms with Gasteiger partial charge in [0.2, 0.25) is 5.75 Å². The Kier molecular flexibility index (Phi) is 6.76. The van der Waals surface area contributed by atoms with Crippen LogP contribution in [0.1, 0.15) is 16.7 Å². The fourth-order valence-electron chi connectivity index (χ4n) is 3.29. The van der Waals surface area contributed by atoms with E-state index in [1.54, 1.807) is 21.3 Å². The minimum absolute atomic E-state index is 0.590. The molecule has 6 heteroatoms. The molecule has 1 aliphatic rings. The topological polar surface area (TPSA) is 46.5 Å². The number of benzene rings is 2. The van der Waals surface area contributed by atoms with E-state index in [0.29, 0.717) is 17.2 Å². The number of ether oxygens (including phenoxy) is 3. The van der Waals surface area contributed by atoms with Gasteiger partial charge < -0.3 is 14.2 Å². The van der Waals surface area contributed by atoms with Gasteiger partial charge in [0.25, 0.3) is 0 Å². The summed E-state index contributed by atoms with van der Waals surface area (Å²) in [6.45, 7) is 6.93. The monoisotopic (exact) mass is 383 g/mol. The smallest absolute Gasteiger partial charge is 0.203 e. The van der Waals surface area contributed by atoms with Crippen molar-refractivity contribution in [3.05, 3.63) is 53.1 Å². The highest BCUT2D eigenvalue weighted by Gasteiger charge is 2.16. The van der Waals surface area contributed by atoms with Gasteiger partial charge in [-0.15, -0.1) is 0 Å². The van der Waals surface area contributed by atoms with Crippen molar-refractivity contribution in [2.75, 3.05) is 47.5 Å². The molecule has 150 valence electrons. The average Bonchev–Trinajstić information content (AvgIpc) is 2.74. The second-order valence-corrected chi connectivity index (χ2v) is 6.92. The third-order valence-electron chi connectivity index (χ3n) is 4.93. The number of piperazine rings is 1. The van der Waals surface area contributed by atoms with Gasteiger partial charge >= 0.3 is 0 Å². The van der Waals surface area contributed by atoms with Gasteiger partial charge in [-0.3, -0.25) is 9.91 Å². The van der Waals surface area contributed by atoms with Crippen molar-refractivity contribution in [2.45, 2.75) is 13.5 Å². The number of aryl methyl sites for hydroxylation is 1. The highest BCUT2D eigenvalue weighted by molar-refractivity contribution is 5.82. The van der Waals surface area contributed by atoms with Gasteiger partial charge in [-0.25, -0.2) is 0 Å². The first-order valence-corrected chi connectivity index (χ1v) is 9.49. The maximum atomic E-state index is 5.40. The minimum atomic E-state index is 0.590. The molecule has 0 aliphatic carbocycles. The molecule has 0 amide bonds. The standard InChI is InChI=1S/C22H29N3O3/c1-17-5-7-18(8-6-17)16-24-9-11-25(12-10-24)23-15-19-13-20(26-2)22(28-4)21(14-19)27-3/h5-8,13-15H,9-12,16H2,1-4H3/b23-15+. The molecule has 0 unspecified atom stereocenters. The Labute approximate surface area is 167 Å². The molecule has 0 aromatic heterocycles. The zero-order chi connectivity index (χ0) is 19.9. The van der Waals surface area contributed by atoms with Crippen LogP contribution in [0.15, 0.2) is 41.5 Å². The molecule has 2 aromatic rings. The van der Waals surface area contributed by atoms with Crippen molar-refractivity contribution < 1.29 is 14.2 Å². The number of hydrogen-bond acceptors (Lipinski definition) is 6. The van der Waals surface area contributed by atoms with Crippen LogP contribution in [0.5, 0.6) is 17.2 Å². The lowest BCUT2D eigenvalue weighted by molar-refractivity contribution is 0.131. The van der Waals surface area contributed by atoms with E-state index in [4.69, 9.17) is 14.2 Å². The summed E-state index contributed by atoms with van der Waals surface area (Å²) in [6, 6.07) is 12.6. The molecule has 0 N–H and O–H groups in total. The third kappa shape index (κ3) is 4.95. The van der Waals surface area contributed by atoms with Gasteiger partial charge in [-0.2, -0.15) is 5.10 Å². The number of nitrogens with zero attached hydrogens (tertiary/aromatic N) is 3. The molecule has 1 saturated heterocycles. The van der Waals surface area contributed by atoms with Crippen LogP contribution in [0.4, 0.5) is 0 Å². The summed E-state index contributed by atoms with van der Waals surface area (Å²) in [5.74, 6) is 1.85. The maximum absolute atomic E-state index is 5.40. The Morgan fingerprint density at radius 1 is 0.893 bits per heavy atom. The lowest BCUT2D eigenvalue weighted by Crippen LogP contribution is -2.43. The van der Waals surface area contributed by atoms with Crippen molar-refractivity contribution in [1.29, 1.82) is 0 Å². The summed E-state index contributed by atoms with van der Waals surface area (Å²) < 4.78 is 16.2. The van der Waals surface area contributed by atoms with Crippen molar-refractivity contribution in [2.24, 2.45) is 5.10 Å². The Hall–Kier alpha value is -2.73. The van der Waals surface area contributed by atoms with E-state index >= 15 is 0 Å². The molecule has 0 bridgehead atoms. The molecular weight excluding hydrogens is 354 g/mol. The molecule has 1 heterocycles. The second-order valence-electron chi connectivity index (χ2n) is 6.92. The predicted molar refractivity (Wildman–Crippen MR) is 112 cm³/mol. The van der Waals surface area contributed by atoms with Gasteiger partial charge in [-0.05, 0) is 24.6 Å². The molecule has 28 heavy (non-hydrogen) atoms. The zero-order valence-corrected chi connectivity index (χ0v) is 17.1. The fraction of sp³-hybridized carbons (Fsp3) is 0.409. The van der Waals surface area contributed by atoms with Gasteiger partial charge in [0, 0.05) is 38.3 Å². The van der Waals surface area contributed by atoms with E-state index in [1.165, 1.54) is 11.1 Å². The molecule has 1 aliphatic heterocycles. The highest BCUT2D eigenvalue weighted by atomic mass is 16.5. The number of methoxy groups -OCH3 is 3. The van der Waals surface area contributed by atoms with Crippen LogP contribution in [0.3, 0.4) is 0 Å². The normalized spacial score (nSPS) is 15.1. The van der Waals surface area contributed by atoms with Crippen molar-refractivity contribution in [3.63, 3.8) is 0 Å². The van der Waals surface area contributed by atoms with Crippen molar-refractivity contribution in [1.82, 2.24) is 9.91 Å². The summed E-state index contributed by atoms with van der Waals surface area (Å²) in [6.07, 6.45) is 1.85. The minimum Gasteiger partial charge on any atom is -0.493 e. The maximum Gasteiger partial charge on any atom is 0.203 e. The summed E-state index contributed by atoms with van der Waals surface area (Å²) in [4.78, 5) is 2.47. The number of hydrogen-bond donors (Lipinski definition) is 0. The molecule has 3 rings (SSSR count). The van der Waals surface area contributed by atoms with Crippen LogP contribution in [-0.4, -0.2) is 63.6 Å². The van der Waals surface area contributed by atoms with E-state index < -0.39 is 0 Å². The number of rotatable bonds is 7. The van der Waals surface area contributed by atoms with E-state index in [-0.39, 0.29) is 0 Å². The van der Waals surface area contributed by atoms with Crippen molar-refractivity contribution >= 4 is 6.21 Å². The molecule has 6 nitrogen and oxygen atoms in total. The van der Waals surface area contributed by atoms with E-state index in [0.717, 1.165) is 38.3 Å². The van der Waals surface area contributed by atoms with Crippen LogP contribution in [-0.2, 0) is 6.54 Å². The molecular formula is C22H29N3O3. The molecule has 0 saturated carbocycles. The van der Waals surface area contributed by atoms with Gasteiger partial charge in [-0.1, -0.05) is 29.8 Å². The van der Waals surface area contributed by atoms with Crippen LogP contribution < -0.4 is 14.2 Å². The van der Waals surface area contributed by atoms with Crippen LogP contribution in [0.2, 0.25) is 0 Å². The van der Waals surface area contributed by atoms with Crippen LogP contribution in [0.25, 0.3) is 0 Å². The lowest BCUT2D eigenvalue weighted by Gasteiger charge is -2.33. The van der Waals surface area contributed by atoms with E-state index in [1.807, 2.05) is 18.3 Å². The number of hydrazone groups is 1. The molecule has 0 radical (unpaired) electrons.